The minimum absolute atomic E-state index is 0.0691. The van der Waals surface area contributed by atoms with Crippen molar-refractivity contribution < 1.29 is 14.1 Å². The summed E-state index contributed by atoms with van der Waals surface area (Å²) < 4.78 is 10.9. The second kappa shape index (κ2) is 7.35. The molecule has 1 aliphatic rings. The Kier molecular flexibility index (Phi) is 4.77. The predicted molar refractivity (Wildman–Crippen MR) is 95.6 cm³/mol. The van der Waals surface area contributed by atoms with Crippen LogP contribution in [0.15, 0.2) is 41.2 Å². The first-order chi connectivity index (χ1) is 12.7. The molecule has 0 spiro atoms. The zero-order chi connectivity index (χ0) is 17.9. The lowest BCUT2D eigenvalue weighted by molar-refractivity contribution is 0.0774. The van der Waals surface area contributed by atoms with E-state index in [2.05, 4.69) is 15.1 Å². The highest BCUT2D eigenvalue weighted by Gasteiger charge is 2.23. The first-order valence-electron chi connectivity index (χ1n) is 8.40. The molecule has 4 rings (SSSR count). The molecule has 0 aliphatic carbocycles. The number of hydrogen-bond acceptors (Lipinski definition) is 7. The second-order valence-corrected chi connectivity index (χ2v) is 7.23. The van der Waals surface area contributed by atoms with Crippen molar-refractivity contribution >= 4 is 17.2 Å². The number of aromatic nitrogens is 3. The number of pyridine rings is 1. The number of hydrogen-bond donors (Lipinski definition) is 0. The summed E-state index contributed by atoms with van der Waals surface area (Å²) >= 11 is 1.49. The van der Waals surface area contributed by atoms with Gasteiger partial charge in [0.2, 0.25) is 11.7 Å². The highest BCUT2D eigenvalue weighted by Crippen LogP contribution is 2.33. The largest absolute Gasteiger partial charge is 0.373 e. The molecule has 0 bridgehead atoms. The molecule has 1 unspecified atom stereocenters. The maximum atomic E-state index is 12.6. The SMILES string of the molecule is CN(Cc1nc(-c2cccnc2)no1)C(=O)c1ccc(C2CCCO2)s1. The molecule has 134 valence electrons. The van der Waals surface area contributed by atoms with Crippen molar-refractivity contribution in [2.24, 2.45) is 0 Å². The van der Waals surface area contributed by atoms with Gasteiger partial charge >= 0.3 is 0 Å². The van der Waals surface area contributed by atoms with Gasteiger partial charge in [0.25, 0.3) is 5.91 Å². The predicted octanol–water partition coefficient (Wildman–Crippen LogP) is 3.32. The van der Waals surface area contributed by atoms with E-state index in [1.807, 2.05) is 24.3 Å². The van der Waals surface area contributed by atoms with Crippen LogP contribution in [0.5, 0.6) is 0 Å². The van der Waals surface area contributed by atoms with Gasteiger partial charge in [0.15, 0.2) is 0 Å². The van der Waals surface area contributed by atoms with Crippen LogP contribution >= 0.6 is 11.3 Å². The van der Waals surface area contributed by atoms with E-state index in [4.69, 9.17) is 9.26 Å². The molecule has 1 aliphatic heterocycles. The second-order valence-electron chi connectivity index (χ2n) is 6.12. The van der Waals surface area contributed by atoms with Crippen LogP contribution in [0, 0.1) is 0 Å². The average molecular weight is 370 g/mol. The zero-order valence-corrected chi connectivity index (χ0v) is 15.1. The fourth-order valence-corrected chi connectivity index (χ4v) is 3.92. The minimum atomic E-state index is -0.0691. The molecule has 1 saturated heterocycles. The Bertz CT molecular complexity index is 887. The van der Waals surface area contributed by atoms with Crippen molar-refractivity contribution in [3.05, 3.63) is 52.3 Å². The Morgan fingerprint density at radius 3 is 3.08 bits per heavy atom. The van der Waals surface area contributed by atoms with Crippen LogP contribution in [0.3, 0.4) is 0 Å². The van der Waals surface area contributed by atoms with Gasteiger partial charge in [-0.05, 0) is 37.1 Å². The van der Waals surface area contributed by atoms with Crippen LogP contribution < -0.4 is 0 Å². The number of nitrogens with zero attached hydrogens (tertiary/aromatic N) is 4. The van der Waals surface area contributed by atoms with Crippen LogP contribution in [0.4, 0.5) is 0 Å². The Morgan fingerprint density at radius 1 is 1.38 bits per heavy atom. The van der Waals surface area contributed by atoms with Crippen LogP contribution in [-0.2, 0) is 11.3 Å². The van der Waals surface area contributed by atoms with Gasteiger partial charge in [-0.2, -0.15) is 4.98 Å². The molecule has 1 fully saturated rings. The molecule has 0 N–H and O–H groups in total. The molecule has 0 saturated carbocycles. The molecule has 1 amide bonds. The minimum Gasteiger partial charge on any atom is -0.373 e. The van der Waals surface area contributed by atoms with E-state index in [1.54, 1.807) is 24.3 Å². The van der Waals surface area contributed by atoms with Gasteiger partial charge in [0, 0.05) is 36.5 Å². The van der Waals surface area contributed by atoms with Crippen LogP contribution in [0.2, 0.25) is 0 Å². The van der Waals surface area contributed by atoms with Gasteiger partial charge in [-0.1, -0.05) is 5.16 Å². The Hall–Kier alpha value is -2.58. The molecule has 8 heteroatoms. The summed E-state index contributed by atoms with van der Waals surface area (Å²) in [5, 5.41) is 3.95. The van der Waals surface area contributed by atoms with Crippen molar-refractivity contribution in [1.82, 2.24) is 20.0 Å². The van der Waals surface area contributed by atoms with Crippen molar-refractivity contribution in [3.63, 3.8) is 0 Å². The lowest BCUT2D eigenvalue weighted by Crippen LogP contribution is -2.25. The third-order valence-electron chi connectivity index (χ3n) is 4.19. The third-order valence-corrected chi connectivity index (χ3v) is 5.36. The van der Waals surface area contributed by atoms with E-state index in [0.717, 1.165) is 29.9 Å². The number of thiophene rings is 1. The highest BCUT2D eigenvalue weighted by atomic mass is 32.1. The van der Waals surface area contributed by atoms with Crippen LogP contribution in [-0.4, -0.2) is 39.6 Å². The molecule has 26 heavy (non-hydrogen) atoms. The van der Waals surface area contributed by atoms with E-state index < -0.39 is 0 Å². The number of carbonyl (C=O) groups excluding carboxylic acids is 1. The van der Waals surface area contributed by atoms with Gasteiger partial charge in [-0.3, -0.25) is 9.78 Å². The number of ether oxygens (including phenoxy) is 1. The Morgan fingerprint density at radius 2 is 2.31 bits per heavy atom. The normalized spacial score (nSPS) is 16.7. The smallest absolute Gasteiger partial charge is 0.264 e. The molecule has 7 nitrogen and oxygen atoms in total. The Labute approximate surface area is 154 Å². The summed E-state index contributed by atoms with van der Waals surface area (Å²) in [4.78, 5) is 24.4. The molecule has 1 atom stereocenters. The van der Waals surface area contributed by atoms with E-state index in [9.17, 15) is 4.79 Å². The summed E-state index contributed by atoms with van der Waals surface area (Å²) in [6.45, 7) is 1.04. The summed E-state index contributed by atoms with van der Waals surface area (Å²) in [5.41, 5.74) is 0.774. The van der Waals surface area contributed by atoms with Gasteiger partial charge in [-0.25, -0.2) is 0 Å². The molecular weight excluding hydrogens is 352 g/mol. The van der Waals surface area contributed by atoms with Gasteiger partial charge in [0.05, 0.1) is 11.0 Å². The molecule has 0 aromatic carbocycles. The molecular formula is C18H18N4O3S. The monoisotopic (exact) mass is 370 g/mol. The standard InChI is InChI=1S/C18H18N4O3S/c1-22(11-16-20-17(21-25-16)12-4-2-8-19-10-12)18(23)15-7-6-14(26-15)13-5-3-9-24-13/h2,4,6-8,10,13H,3,5,9,11H2,1H3. The van der Waals surface area contributed by atoms with E-state index in [1.165, 1.54) is 11.3 Å². The molecule has 0 radical (unpaired) electrons. The van der Waals surface area contributed by atoms with Crippen LogP contribution in [0.25, 0.3) is 11.4 Å². The number of rotatable bonds is 5. The maximum absolute atomic E-state index is 12.6. The summed E-state index contributed by atoms with van der Waals surface area (Å²) in [6, 6.07) is 7.50. The van der Waals surface area contributed by atoms with Gasteiger partial charge in [0.1, 0.15) is 6.54 Å². The average Bonchev–Trinajstić information content (AvgIpc) is 3.42. The highest BCUT2D eigenvalue weighted by molar-refractivity contribution is 7.14. The number of carbonyl (C=O) groups is 1. The van der Waals surface area contributed by atoms with Gasteiger partial charge in [-0.15, -0.1) is 11.3 Å². The summed E-state index contributed by atoms with van der Waals surface area (Å²) in [6.07, 6.45) is 5.57. The first-order valence-corrected chi connectivity index (χ1v) is 9.22. The van der Waals surface area contributed by atoms with Crippen molar-refractivity contribution in [2.75, 3.05) is 13.7 Å². The fourth-order valence-electron chi connectivity index (χ4n) is 2.84. The van der Waals surface area contributed by atoms with Gasteiger partial charge < -0.3 is 14.2 Å². The fraction of sp³-hybridized carbons (Fsp3) is 0.333. The van der Waals surface area contributed by atoms with E-state index in [-0.39, 0.29) is 18.6 Å². The lowest BCUT2D eigenvalue weighted by atomic mass is 10.2. The van der Waals surface area contributed by atoms with Crippen molar-refractivity contribution in [1.29, 1.82) is 0 Å². The number of amides is 1. The molecule has 4 heterocycles. The quantitative estimate of drug-likeness (QED) is 0.685. The first kappa shape index (κ1) is 16.9. The molecule has 3 aromatic heterocycles. The maximum Gasteiger partial charge on any atom is 0.264 e. The van der Waals surface area contributed by atoms with Crippen LogP contribution in [0.1, 0.15) is 39.4 Å². The lowest BCUT2D eigenvalue weighted by Gasteiger charge is -2.13. The topological polar surface area (TPSA) is 81.4 Å². The van der Waals surface area contributed by atoms with Crippen molar-refractivity contribution in [2.45, 2.75) is 25.5 Å². The Balaban J connectivity index is 1.42. The van der Waals surface area contributed by atoms with E-state index in [0.29, 0.717) is 16.6 Å². The zero-order valence-electron chi connectivity index (χ0n) is 14.3. The third kappa shape index (κ3) is 3.51. The summed E-state index contributed by atoms with van der Waals surface area (Å²) in [5.74, 6) is 0.779. The molecule has 3 aromatic rings. The van der Waals surface area contributed by atoms with Crippen molar-refractivity contribution in [3.8, 4) is 11.4 Å². The summed E-state index contributed by atoms with van der Waals surface area (Å²) in [7, 11) is 1.72. The van der Waals surface area contributed by atoms with E-state index >= 15 is 0 Å².